The standard InChI is InChI=1S/C11H12N8O/c12-11-18-9-7(10(20)19-11)16-8(17-9)5-1-4-6(2-13-5)15-3-14-4/h3,5,13H,1-2H2,(H,14,15)(H4,12,16,17,18,19,20). The fraction of sp³-hybridized carbons (Fsp3) is 0.273. The third-order valence-electron chi connectivity index (χ3n) is 3.46. The van der Waals surface area contributed by atoms with E-state index in [1.807, 2.05) is 0 Å². The summed E-state index contributed by atoms with van der Waals surface area (Å²) < 4.78 is 0. The summed E-state index contributed by atoms with van der Waals surface area (Å²) in [5.74, 6) is 0.726. The lowest BCUT2D eigenvalue weighted by atomic mass is 10.1. The molecular formula is C11H12N8O. The zero-order chi connectivity index (χ0) is 13.7. The Morgan fingerprint density at radius 3 is 3.10 bits per heavy atom. The molecule has 4 rings (SSSR count). The molecule has 3 aromatic rings. The van der Waals surface area contributed by atoms with Gasteiger partial charge in [0, 0.05) is 13.0 Å². The van der Waals surface area contributed by atoms with Gasteiger partial charge >= 0.3 is 0 Å². The molecule has 0 bridgehead atoms. The van der Waals surface area contributed by atoms with E-state index < -0.39 is 0 Å². The van der Waals surface area contributed by atoms with Crippen molar-refractivity contribution in [2.24, 2.45) is 0 Å². The van der Waals surface area contributed by atoms with Crippen LogP contribution in [0.4, 0.5) is 5.95 Å². The van der Waals surface area contributed by atoms with Gasteiger partial charge in [-0.3, -0.25) is 9.78 Å². The summed E-state index contributed by atoms with van der Waals surface area (Å²) in [7, 11) is 0. The third kappa shape index (κ3) is 1.60. The average Bonchev–Trinajstić information content (AvgIpc) is 3.03. The van der Waals surface area contributed by atoms with Crippen LogP contribution in [0.3, 0.4) is 0 Å². The van der Waals surface area contributed by atoms with Crippen molar-refractivity contribution >= 4 is 17.1 Å². The van der Waals surface area contributed by atoms with Gasteiger partial charge in [0.25, 0.3) is 5.56 Å². The maximum Gasteiger partial charge on any atom is 0.278 e. The van der Waals surface area contributed by atoms with Crippen molar-refractivity contribution in [1.82, 2.24) is 35.2 Å². The molecule has 0 spiro atoms. The van der Waals surface area contributed by atoms with Crippen LogP contribution in [0.2, 0.25) is 0 Å². The van der Waals surface area contributed by atoms with Gasteiger partial charge in [-0.1, -0.05) is 0 Å². The molecule has 1 aliphatic rings. The van der Waals surface area contributed by atoms with Crippen molar-refractivity contribution in [1.29, 1.82) is 0 Å². The monoisotopic (exact) mass is 272 g/mol. The highest BCUT2D eigenvalue weighted by Crippen LogP contribution is 2.22. The predicted molar refractivity (Wildman–Crippen MR) is 70.8 cm³/mol. The molecule has 3 aromatic heterocycles. The number of hydrogen-bond acceptors (Lipinski definition) is 6. The molecule has 1 aliphatic heterocycles. The van der Waals surface area contributed by atoms with Gasteiger partial charge in [0.05, 0.1) is 23.8 Å². The lowest BCUT2D eigenvalue weighted by molar-refractivity contribution is 0.472. The number of aromatic amines is 3. The summed E-state index contributed by atoms with van der Waals surface area (Å²) in [4.78, 5) is 32.9. The van der Waals surface area contributed by atoms with E-state index in [9.17, 15) is 4.79 Å². The van der Waals surface area contributed by atoms with Crippen LogP contribution < -0.4 is 16.6 Å². The highest BCUT2D eigenvalue weighted by molar-refractivity contribution is 5.70. The van der Waals surface area contributed by atoms with Gasteiger partial charge in [-0.25, -0.2) is 9.97 Å². The first kappa shape index (κ1) is 11.2. The van der Waals surface area contributed by atoms with E-state index >= 15 is 0 Å². The molecule has 0 radical (unpaired) electrons. The van der Waals surface area contributed by atoms with Crippen molar-refractivity contribution in [3.05, 3.63) is 33.9 Å². The van der Waals surface area contributed by atoms with E-state index in [1.165, 1.54) is 0 Å². The van der Waals surface area contributed by atoms with E-state index in [0.29, 0.717) is 30.0 Å². The molecule has 4 heterocycles. The summed E-state index contributed by atoms with van der Waals surface area (Å²) >= 11 is 0. The van der Waals surface area contributed by atoms with Crippen LogP contribution >= 0.6 is 0 Å². The number of aromatic nitrogens is 6. The van der Waals surface area contributed by atoms with Gasteiger partial charge in [-0.05, 0) is 0 Å². The summed E-state index contributed by atoms with van der Waals surface area (Å²) in [6, 6.07) is -0.0272. The molecule has 9 nitrogen and oxygen atoms in total. The Kier molecular flexibility index (Phi) is 2.18. The Labute approximate surface area is 112 Å². The number of nitrogens with zero attached hydrogens (tertiary/aromatic N) is 3. The van der Waals surface area contributed by atoms with Crippen LogP contribution in [0.25, 0.3) is 11.2 Å². The average molecular weight is 272 g/mol. The molecule has 0 aromatic carbocycles. The predicted octanol–water partition coefficient (Wildman–Crippen LogP) is -0.662. The van der Waals surface area contributed by atoms with E-state index in [2.05, 4.69) is 35.2 Å². The van der Waals surface area contributed by atoms with Crippen molar-refractivity contribution in [2.45, 2.75) is 19.0 Å². The second-order valence-corrected chi connectivity index (χ2v) is 4.74. The Balaban J connectivity index is 1.76. The molecule has 0 saturated carbocycles. The molecule has 1 atom stereocenters. The molecule has 9 heteroatoms. The van der Waals surface area contributed by atoms with Crippen LogP contribution in [-0.4, -0.2) is 29.9 Å². The lowest BCUT2D eigenvalue weighted by Crippen LogP contribution is -2.29. The largest absolute Gasteiger partial charge is 0.369 e. The molecular weight excluding hydrogens is 260 g/mol. The van der Waals surface area contributed by atoms with Gasteiger partial charge in [0.1, 0.15) is 5.82 Å². The molecule has 20 heavy (non-hydrogen) atoms. The Hall–Kier alpha value is -2.68. The number of H-pyrrole nitrogens is 3. The molecule has 0 fully saturated rings. The Morgan fingerprint density at radius 2 is 2.20 bits per heavy atom. The van der Waals surface area contributed by atoms with Gasteiger partial charge in [-0.15, -0.1) is 0 Å². The van der Waals surface area contributed by atoms with Crippen molar-refractivity contribution in [2.75, 3.05) is 5.73 Å². The number of nitrogen functional groups attached to an aromatic ring is 1. The zero-order valence-electron chi connectivity index (χ0n) is 10.4. The minimum absolute atomic E-state index is 0.0272. The Bertz CT molecular complexity index is 844. The van der Waals surface area contributed by atoms with Crippen LogP contribution in [0.15, 0.2) is 11.1 Å². The van der Waals surface area contributed by atoms with Gasteiger partial charge in [0.15, 0.2) is 11.2 Å². The number of hydrogen-bond donors (Lipinski definition) is 5. The number of rotatable bonds is 1. The normalized spacial score (nSPS) is 18.3. The Morgan fingerprint density at radius 1 is 1.30 bits per heavy atom. The SMILES string of the molecule is Nc1nc2nc(C3Cc4nc[nH]c4CN3)[nH]c2c(=O)[nH]1. The summed E-state index contributed by atoms with van der Waals surface area (Å²) in [5, 5.41) is 3.34. The van der Waals surface area contributed by atoms with Gasteiger partial charge in [-0.2, -0.15) is 4.98 Å². The van der Waals surface area contributed by atoms with Crippen LogP contribution in [0.1, 0.15) is 23.3 Å². The van der Waals surface area contributed by atoms with E-state index in [-0.39, 0.29) is 17.5 Å². The maximum absolute atomic E-state index is 11.8. The number of fused-ring (bicyclic) bond motifs is 2. The number of imidazole rings is 2. The topological polar surface area (TPSA) is 141 Å². The molecule has 6 N–H and O–H groups in total. The highest BCUT2D eigenvalue weighted by Gasteiger charge is 2.24. The molecule has 0 amide bonds. The minimum Gasteiger partial charge on any atom is -0.369 e. The molecule has 1 unspecified atom stereocenters. The summed E-state index contributed by atoms with van der Waals surface area (Å²) in [6.07, 6.45) is 2.38. The number of nitrogens with two attached hydrogens (primary N) is 1. The minimum atomic E-state index is -0.317. The highest BCUT2D eigenvalue weighted by atomic mass is 16.1. The fourth-order valence-electron chi connectivity index (χ4n) is 2.47. The van der Waals surface area contributed by atoms with E-state index in [1.54, 1.807) is 6.33 Å². The zero-order valence-corrected chi connectivity index (χ0v) is 10.4. The first-order valence-electron chi connectivity index (χ1n) is 6.20. The first-order valence-corrected chi connectivity index (χ1v) is 6.20. The van der Waals surface area contributed by atoms with Crippen LogP contribution in [0, 0.1) is 0 Å². The van der Waals surface area contributed by atoms with E-state index in [0.717, 1.165) is 11.4 Å². The van der Waals surface area contributed by atoms with Crippen molar-refractivity contribution in [3.63, 3.8) is 0 Å². The second-order valence-electron chi connectivity index (χ2n) is 4.74. The van der Waals surface area contributed by atoms with E-state index in [4.69, 9.17) is 5.73 Å². The lowest BCUT2D eigenvalue weighted by Gasteiger charge is -2.20. The third-order valence-corrected chi connectivity index (χ3v) is 3.46. The van der Waals surface area contributed by atoms with Crippen molar-refractivity contribution in [3.8, 4) is 0 Å². The second kappa shape index (κ2) is 3.90. The summed E-state index contributed by atoms with van der Waals surface area (Å²) in [6.45, 7) is 0.684. The van der Waals surface area contributed by atoms with Crippen LogP contribution in [-0.2, 0) is 13.0 Å². The molecule has 0 aliphatic carbocycles. The number of nitrogens with one attached hydrogen (secondary N) is 4. The van der Waals surface area contributed by atoms with Crippen LogP contribution in [0.5, 0.6) is 0 Å². The maximum atomic E-state index is 11.8. The number of anilines is 1. The quantitative estimate of drug-likeness (QED) is 0.398. The van der Waals surface area contributed by atoms with Crippen molar-refractivity contribution < 1.29 is 0 Å². The van der Waals surface area contributed by atoms with Gasteiger partial charge < -0.3 is 21.0 Å². The fourth-order valence-corrected chi connectivity index (χ4v) is 2.47. The smallest absolute Gasteiger partial charge is 0.278 e. The first-order chi connectivity index (χ1) is 9.70. The van der Waals surface area contributed by atoms with Gasteiger partial charge in [0.2, 0.25) is 5.95 Å². The molecule has 0 saturated heterocycles. The summed E-state index contributed by atoms with van der Waals surface area (Å²) in [5.41, 5.74) is 7.95. The molecule has 102 valence electrons.